The number of carbonyl (C=O) groups is 3. The molecule has 0 unspecified atom stereocenters. The Bertz CT molecular complexity index is 2720. The molecule has 0 saturated carbocycles. The molecular weight excluding hydrogens is 755 g/mol. The van der Waals surface area contributed by atoms with Gasteiger partial charge in [-0.3, -0.25) is 23.6 Å². The summed E-state index contributed by atoms with van der Waals surface area (Å²) in [5.41, 5.74) is 3.44. The van der Waals surface area contributed by atoms with Crippen LogP contribution in [0.3, 0.4) is 0 Å². The summed E-state index contributed by atoms with van der Waals surface area (Å²) in [5.74, 6) is -0.0854. The number of rotatable bonds is 15. The summed E-state index contributed by atoms with van der Waals surface area (Å²) in [5, 5.41) is 16.1. The minimum absolute atomic E-state index is 0.0331. The molecule has 0 radical (unpaired) electrons. The molecular formula is C40H47N15O4. The lowest BCUT2D eigenvalue weighted by atomic mass is 10.1. The third-order valence-corrected chi connectivity index (χ3v) is 10.7. The van der Waals surface area contributed by atoms with Gasteiger partial charge >= 0.3 is 0 Å². The minimum atomic E-state index is -0.556. The van der Waals surface area contributed by atoms with Gasteiger partial charge in [-0.05, 0) is 50.2 Å². The molecule has 6 heterocycles. The molecule has 19 heteroatoms. The average molecular weight is 802 g/mol. The molecule has 1 saturated heterocycles. The van der Waals surface area contributed by atoms with Gasteiger partial charge in [0.05, 0.1) is 21.9 Å². The number of benzene rings is 2. The highest BCUT2D eigenvalue weighted by atomic mass is 16.2. The Morgan fingerprint density at radius 3 is 1.83 bits per heavy atom. The third-order valence-electron chi connectivity index (χ3n) is 10.7. The summed E-state index contributed by atoms with van der Waals surface area (Å²) in [4.78, 5) is 74.0. The van der Waals surface area contributed by atoms with Crippen LogP contribution >= 0.6 is 0 Å². The summed E-state index contributed by atoms with van der Waals surface area (Å²) in [7, 11) is 6.52. The van der Waals surface area contributed by atoms with Crippen molar-refractivity contribution in [2.24, 2.45) is 21.1 Å². The van der Waals surface area contributed by atoms with Crippen LogP contribution in [0.25, 0.3) is 27.3 Å². The second-order valence-corrected chi connectivity index (χ2v) is 14.7. The number of piperazine rings is 1. The minimum Gasteiger partial charge on any atom is -0.384 e. The maximum absolute atomic E-state index is 13.5. The average Bonchev–Trinajstić information content (AvgIpc) is 4.02. The number of aryl methyl sites for hydroxylation is 3. The highest BCUT2D eigenvalue weighted by molar-refractivity contribution is 6.07. The van der Waals surface area contributed by atoms with E-state index in [0.717, 1.165) is 80.9 Å². The fourth-order valence-corrected chi connectivity index (χ4v) is 7.65. The SMILES string of the molecule is CNC(=O)c1nc(NC(=O)c2nc(NC(=O)c3nc(NCCCN4CCN(CCCNc5ccc6ncn7c8ccccc8c(=O)c5c67)CC4)cn3C)cn2C)cn1C. The second-order valence-electron chi connectivity index (χ2n) is 14.7. The zero-order chi connectivity index (χ0) is 41.2. The van der Waals surface area contributed by atoms with Crippen LogP contribution in [0.15, 0.2) is 66.1 Å². The maximum atomic E-state index is 13.5. The van der Waals surface area contributed by atoms with E-state index in [1.165, 1.54) is 28.6 Å². The summed E-state index contributed by atoms with van der Waals surface area (Å²) in [6.07, 6.45) is 8.49. The smallest absolute Gasteiger partial charge is 0.292 e. The number of pyridine rings is 1. The zero-order valence-corrected chi connectivity index (χ0v) is 33.4. The summed E-state index contributed by atoms with van der Waals surface area (Å²) in [6.45, 7) is 7.41. The number of imidazole rings is 4. The summed E-state index contributed by atoms with van der Waals surface area (Å²) >= 11 is 0. The number of nitrogens with zero attached hydrogens (tertiary/aromatic N) is 10. The fraction of sp³-hybridized carbons (Fsp3) is 0.350. The first-order valence-corrected chi connectivity index (χ1v) is 19.6. The quantitative estimate of drug-likeness (QED) is 0.0750. The summed E-state index contributed by atoms with van der Waals surface area (Å²) in [6, 6.07) is 11.6. The van der Waals surface area contributed by atoms with Crippen LogP contribution in [0.2, 0.25) is 0 Å². The van der Waals surface area contributed by atoms with Gasteiger partial charge < -0.3 is 50.1 Å². The number of carbonyl (C=O) groups excluding carboxylic acids is 3. The first-order chi connectivity index (χ1) is 28.6. The van der Waals surface area contributed by atoms with E-state index in [2.05, 4.69) is 56.3 Å². The lowest BCUT2D eigenvalue weighted by Crippen LogP contribution is -2.47. The van der Waals surface area contributed by atoms with E-state index in [1.54, 1.807) is 38.2 Å². The molecule has 2 aromatic carbocycles. The van der Waals surface area contributed by atoms with E-state index in [9.17, 15) is 19.2 Å². The Morgan fingerprint density at radius 1 is 0.678 bits per heavy atom. The van der Waals surface area contributed by atoms with Crippen LogP contribution < -0.4 is 32.0 Å². The van der Waals surface area contributed by atoms with E-state index in [1.807, 2.05) is 40.8 Å². The topological polar surface area (TPSA) is 206 Å². The molecule has 1 fully saturated rings. The lowest BCUT2D eigenvalue weighted by molar-refractivity contribution is 0.0947. The van der Waals surface area contributed by atoms with Crippen LogP contribution in [0, 0.1) is 0 Å². The predicted octanol–water partition coefficient (Wildman–Crippen LogP) is 2.43. The third kappa shape index (κ3) is 8.01. The molecule has 3 amide bonds. The number of nitrogens with one attached hydrogen (secondary N) is 5. The molecule has 8 rings (SSSR count). The highest BCUT2D eigenvalue weighted by Crippen LogP contribution is 2.28. The van der Waals surface area contributed by atoms with Crippen molar-refractivity contribution < 1.29 is 14.4 Å². The predicted molar refractivity (Wildman–Crippen MR) is 226 cm³/mol. The Labute approximate surface area is 338 Å². The van der Waals surface area contributed by atoms with Crippen molar-refractivity contribution in [2.45, 2.75) is 12.8 Å². The van der Waals surface area contributed by atoms with Crippen molar-refractivity contribution >= 4 is 68.2 Å². The molecule has 0 aliphatic carbocycles. The zero-order valence-electron chi connectivity index (χ0n) is 33.4. The van der Waals surface area contributed by atoms with E-state index in [0.29, 0.717) is 23.1 Å². The van der Waals surface area contributed by atoms with Crippen molar-refractivity contribution in [3.05, 3.63) is 89.0 Å². The number of fused-ring (bicyclic) bond motifs is 2. The van der Waals surface area contributed by atoms with Gasteiger partial charge in [0.15, 0.2) is 17.1 Å². The van der Waals surface area contributed by atoms with Gasteiger partial charge in [-0.15, -0.1) is 0 Å². The van der Waals surface area contributed by atoms with Crippen molar-refractivity contribution in [2.75, 3.05) is 80.7 Å². The van der Waals surface area contributed by atoms with Gasteiger partial charge in [0.25, 0.3) is 17.7 Å². The van der Waals surface area contributed by atoms with E-state index < -0.39 is 11.8 Å². The van der Waals surface area contributed by atoms with Crippen molar-refractivity contribution in [3.8, 4) is 0 Å². The van der Waals surface area contributed by atoms with Gasteiger partial charge in [0.1, 0.15) is 12.1 Å². The normalized spacial score (nSPS) is 13.7. The second kappa shape index (κ2) is 16.5. The largest absolute Gasteiger partial charge is 0.384 e. The molecule has 7 aromatic rings. The first-order valence-electron chi connectivity index (χ1n) is 19.6. The van der Waals surface area contributed by atoms with Crippen molar-refractivity contribution in [1.29, 1.82) is 0 Å². The number of hydrogen-bond acceptors (Lipinski definition) is 12. The van der Waals surface area contributed by atoms with Crippen LogP contribution in [0.4, 0.5) is 23.1 Å². The molecule has 19 nitrogen and oxygen atoms in total. The number of anilines is 4. The molecule has 306 valence electrons. The van der Waals surface area contributed by atoms with E-state index >= 15 is 0 Å². The number of para-hydroxylation sites is 1. The Morgan fingerprint density at radius 2 is 1.22 bits per heavy atom. The van der Waals surface area contributed by atoms with Gasteiger partial charge in [-0.1, -0.05) is 12.1 Å². The molecule has 0 atom stereocenters. The fourth-order valence-electron chi connectivity index (χ4n) is 7.65. The lowest BCUT2D eigenvalue weighted by Gasteiger charge is -2.34. The van der Waals surface area contributed by atoms with Crippen molar-refractivity contribution in [1.82, 2.24) is 53.2 Å². The Balaban J connectivity index is 0.749. The molecule has 0 spiro atoms. The molecule has 5 aromatic heterocycles. The van der Waals surface area contributed by atoms with Crippen LogP contribution in [-0.4, -0.2) is 125 Å². The monoisotopic (exact) mass is 801 g/mol. The van der Waals surface area contributed by atoms with Gasteiger partial charge in [-0.25, -0.2) is 19.9 Å². The van der Waals surface area contributed by atoms with Gasteiger partial charge in [0.2, 0.25) is 17.5 Å². The standard InChI is InChI=1S/C40H47N15O4/c1-41-38(57)35-46-30(22-51(35)3)48-40(59)37-47-31(23-52(37)4)49-39(58)36-45-29(21-50(36)2)43-14-8-16-54-19-17-53(18-20-54)15-7-13-42-26-11-12-27-33-32(26)34(56)25-9-5-6-10-28(25)55(33)24-44-27/h5-6,9-12,21-24,42-43H,7-8,13-20H2,1-4H3,(H,41,57)(H,48,59)(H,49,58). The van der Waals surface area contributed by atoms with Crippen LogP contribution in [0.5, 0.6) is 0 Å². The van der Waals surface area contributed by atoms with E-state index in [4.69, 9.17) is 0 Å². The first kappa shape index (κ1) is 39.0. The number of aromatic nitrogens is 8. The van der Waals surface area contributed by atoms with E-state index in [-0.39, 0.29) is 40.4 Å². The Kier molecular flexibility index (Phi) is 10.9. The number of amides is 3. The molecule has 59 heavy (non-hydrogen) atoms. The Hall–Kier alpha value is -6.86. The highest BCUT2D eigenvalue weighted by Gasteiger charge is 2.22. The molecule has 1 aliphatic heterocycles. The maximum Gasteiger partial charge on any atom is 0.292 e. The molecule has 1 aliphatic rings. The molecule has 0 bridgehead atoms. The van der Waals surface area contributed by atoms with Gasteiger partial charge in [-0.2, -0.15) is 0 Å². The van der Waals surface area contributed by atoms with Gasteiger partial charge in [0, 0.05) is 97.1 Å². The summed E-state index contributed by atoms with van der Waals surface area (Å²) < 4.78 is 6.64. The molecule has 5 N–H and O–H groups in total. The number of hydrogen-bond donors (Lipinski definition) is 5. The van der Waals surface area contributed by atoms with Crippen LogP contribution in [-0.2, 0) is 21.1 Å². The van der Waals surface area contributed by atoms with Crippen LogP contribution in [0.1, 0.15) is 44.7 Å². The van der Waals surface area contributed by atoms with Crippen molar-refractivity contribution in [3.63, 3.8) is 0 Å².